The smallest absolute Gasteiger partial charge is 0.331 e. The summed E-state index contributed by atoms with van der Waals surface area (Å²) in [5, 5.41) is 4.61. The molecule has 0 bridgehead atoms. The number of esters is 1. The Morgan fingerprint density at radius 2 is 1.85 bits per heavy atom. The minimum atomic E-state index is -0.508. The molecule has 0 spiro atoms. The third kappa shape index (κ3) is 4.92. The molecule has 0 radical (unpaired) electrons. The first-order valence-corrected chi connectivity index (χ1v) is 10.7. The van der Waals surface area contributed by atoms with Gasteiger partial charge in [-0.25, -0.2) is 9.78 Å². The lowest BCUT2D eigenvalue weighted by molar-refractivity contribution is -0.139. The maximum absolute atomic E-state index is 12.3. The zero-order valence-corrected chi connectivity index (χ0v) is 19.2. The predicted octanol–water partition coefficient (Wildman–Crippen LogP) is 3.93. The Kier molecular flexibility index (Phi) is 6.22. The number of hydrogen-bond donors (Lipinski definition) is 0. The molecule has 0 amide bonds. The zero-order valence-electron chi connectivity index (χ0n) is 19.2. The van der Waals surface area contributed by atoms with E-state index in [2.05, 4.69) is 41.3 Å². The largest absolute Gasteiger partial charge is 0.456 e. The van der Waals surface area contributed by atoms with Gasteiger partial charge in [-0.15, -0.1) is 0 Å². The Hall–Kier alpha value is -4.00. The number of carbonyl (C=O) groups is 1. The first kappa shape index (κ1) is 22.2. The molecule has 4 rings (SSSR count). The van der Waals surface area contributed by atoms with E-state index in [4.69, 9.17) is 4.74 Å². The summed E-state index contributed by atoms with van der Waals surface area (Å²) in [6, 6.07) is 13.4. The van der Waals surface area contributed by atoms with E-state index in [9.17, 15) is 9.59 Å². The second-order valence-electron chi connectivity index (χ2n) is 8.14. The number of nitrogens with zero attached hydrogens (tertiary/aromatic N) is 4. The van der Waals surface area contributed by atoms with Crippen molar-refractivity contribution in [3.63, 3.8) is 0 Å². The lowest BCUT2D eigenvalue weighted by Gasteiger charge is -2.06. The van der Waals surface area contributed by atoms with E-state index in [1.807, 2.05) is 31.5 Å². The van der Waals surface area contributed by atoms with Crippen LogP contribution < -0.4 is 5.56 Å². The van der Waals surface area contributed by atoms with E-state index in [0.717, 1.165) is 28.1 Å². The van der Waals surface area contributed by atoms with Gasteiger partial charge in [-0.2, -0.15) is 5.10 Å². The highest BCUT2D eigenvalue weighted by atomic mass is 16.5. The van der Waals surface area contributed by atoms with E-state index in [1.54, 1.807) is 18.3 Å². The molecule has 0 aliphatic heterocycles. The van der Waals surface area contributed by atoms with Gasteiger partial charge in [0.15, 0.2) is 0 Å². The first-order valence-electron chi connectivity index (χ1n) is 10.7. The van der Waals surface area contributed by atoms with Gasteiger partial charge in [0.05, 0.1) is 17.9 Å². The molecule has 0 fully saturated rings. The van der Waals surface area contributed by atoms with Crippen molar-refractivity contribution >= 4 is 17.7 Å². The Morgan fingerprint density at radius 1 is 1.09 bits per heavy atom. The SMILES string of the molecule is Cc1ccc(Cn2nc(C)c(/C=C/C(=O)OCc3cc(=O)n4cccc(C)c4n3)c2C)cc1. The highest BCUT2D eigenvalue weighted by Gasteiger charge is 2.11. The lowest BCUT2D eigenvalue weighted by Crippen LogP contribution is -2.17. The molecule has 0 saturated carbocycles. The van der Waals surface area contributed by atoms with Crippen molar-refractivity contribution in [2.75, 3.05) is 0 Å². The van der Waals surface area contributed by atoms with Crippen LogP contribution in [0.3, 0.4) is 0 Å². The van der Waals surface area contributed by atoms with Crippen LogP contribution in [-0.2, 0) is 22.7 Å². The Labute approximate surface area is 192 Å². The van der Waals surface area contributed by atoms with Gasteiger partial charge in [-0.1, -0.05) is 35.9 Å². The van der Waals surface area contributed by atoms with Crippen LogP contribution in [-0.4, -0.2) is 25.1 Å². The molecule has 3 heterocycles. The summed E-state index contributed by atoms with van der Waals surface area (Å²) in [6.45, 7) is 8.42. The van der Waals surface area contributed by atoms with Crippen LogP contribution in [0.25, 0.3) is 11.7 Å². The van der Waals surface area contributed by atoms with Crippen LogP contribution >= 0.6 is 0 Å². The molecule has 0 atom stereocenters. The number of benzene rings is 1. The van der Waals surface area contributed by atoms with Crippen LogP contribution in [0, 0.1) is 27.7 Å². The summed E-state index contributed by atoms with van der Waals surface area (Å²) in [5.41, 5.74) is 6.70. The molecule has 0 unspecified atom stereocenters. The first-order chi connectivity index (χ1) is 15.8. The molecule has 33 heavy (non-hydrogen) atoms. The summed E-state index contributed by atoms with van der Waals surface area (Å²) >= 11 is 0. The van der Waals surface area contributed by atoms with Crippen molar-refractivity contribution in [2.24, 2.45) is 0 Å². The van der Waals surface area contributed by atoms with Crippen molar-refractivity contribution < 1.29 is 9.53 Å². The maximum Gasteiger partial charge on any atom is 0.331 e. The Morgan fingerprint density at radius 3 is 2.61 bits per heavy atom. The van der Waals surface area contributed by atoms with Crippen LogP contribution in [0.4, 0.5) is 0 Å². The molecule has 7 nitrogen and oxygen atoms in total. The number of hydrogen-bond acceptors (Lipinski definition) is 5. The van der Waals surface area contributed by atoms with Crippen LogP contribution in [0.2, 0.25) is 0 Å². The third-order valence-electron chi connectivity index (χ3n) is 5.58. The Balaban J connectivity index is 1.44. The molecule has 7 heteroatoms. The van der Waals surface area contributed by atoms with Gasteiger partial charge in [-0.3, -0.25) is 13.9 Å². The molecular formula is C26H26N4O3. The number of carbonyl (C=O) groups excluding carboxylic acids is 1. The van der Waals surface area contributed by atoms with Crippen molar-refractivity contribution in [1.82, 2.24) is 19.2 Å². The van der Waals surface area contributed by atoms with Crippen molar-refractivity contribution in [3.05, 3.63) is 104 Å². The second-order valence-corrected chi connectivity index (χ2v) is 8.14. The molecule has 0 N–H and O–H groups in total. The highest BCUT2D eigenvalue weighted by molar-refractivity contribution is 5.87. The van der Waals surface area contributed by atoms with Crippen LogP contribution in [0.5, 0.6) is 0 Å². The second kappa shape index (κ2) is 9.24. The van der Waals surface area contributed by atoms with Gasteiger partial charge in [0, 0.05) is 29.6 Å². The molecule has 3 aromatic heterocycles. The fraction of sp³-hybridized carbons (Fsp3) is 0.231. The number of rotatable bonds is 6. The van der Waals surface area contributed by atoms with Crippen molar-refractivity contribution in [1.29, 1.82) is 0 Å². The molecular weight excluding hydrogens is 416 g/mol. The van der Waals surface area contributed by atoms with Gasteiger partial charge in [0.25, 0.3) is 5.56 Å². The monoisotopic (exact) mass is 442 g/mol. The minimum absolute atomic E-state index is 0.0755. The van der Waals surface area contributed by atoms with Gasteiger partial charge in [0.1, 0.15) is 12.3 Å². The van der Waals surface area contributed by atoms with Crippen molar-refractivity contribution in [2.45, 2.75) is 40.8 Å². The van der Waals surface area contributed by atoms with Crippen LogP contribution in [0.15, 0.2) is 59.5 Å². The predicted molar refractivity (Wildman–Crippen MR) is 127 cm³/mol. The van der Waals surface area contributed by atoms with E-state index < -0.39 is 5.97 Å². The fourth-order valence-electron chi connectivity index (χ4n) is 3.70. The molecule has 0 aliphatic rings. The molecule has 1 aromatic carbocycles. The summed E-state index contributed by atoms with van der Waals surface area (Å²) in [6.07, 6.45) is 4.77. The summed E-state index contributed by atoms with van der Waals surface area (Å²) in [4.78, 5) is 29.1. The maximum atomic E-state index is 12.3. The lowest BCUT2D eigenvalue weighted by atomic mass is 10.1. The summed E-state index contributed by atoms with van der Waals surface area (Å²) < 4.78 is 8.73. The average Bonchev–Trinajstić information content (AvgIpc) is 3.05. The standard InChI is InChI=1S/C26H26N4O3/c1-17-7-9-21(10-8-17)15-30-20(4)23(19(3)28-30)11-12-25(32)33-16-22-14-24(31)29-13-5-6-18(2)26(29)27-22/h5-14H,15-16H2,1-4H3/b12-11+. The van der Waals surface area contributed by atoms with E-state index >= 15 is 0 Å². The van der Waals surface area contributed by atoms with Crippen molar-refractivity contribution in [3.8, 4) is 0 Å². The quantitative estimate of drug-likeness (QED) is 0.334. The summed E-state index contributed by atoms with van der Waals surface area (Å²) in [7, 11) is 0. The van der Waals surface area contributed by atoms with Gasteiger partial charge >= 0.3 is 5.97 Å². The molecule has 4 aromatic rings. The van der Waals surface area contributed by atoms with E-state index in [1.165, 1.54) is 22.1 Å². The number of aryl methyl sites for hydroxylation is 3. The normalized spacial score (nSPS) is 11.4. The molecule has 0 aliphatic carbocycles. The number of aromatic nitrogens is 4. The topological polar surface area (TPSA) is 78.5 Å². The number of fused-ring (bicyclic) bond motifs is 1. The van der Waals surface area contributed by atoms with Crippen LogP contribution in [0.1, 0.15) is 39.3 Å². The highest BCUT2D eigenvalue weighted by Crippen LogP contribution is 2.17. The zero-order chi connectivity index (χ0) is 23.5. The Bertz CT molecular complexity index is 1410. The molecule has 168 valence electrons. The third-order valence-corrected chi connectivity index (χ3v) is 5.58. The minimum Gasteiger partial charge on any atom is -0.456 e. The van der Waals surface area contributed by atoms with E-state index in [0.29, 0.717) is 17.9 Å². The van der Waals surface area contributed by atoms with E-state index in [-0.39, 0.29) is 12.2 Å². The van der Waals surface area contributed by atoms with Gasteiger partial charge in [-0.05, 0) is 51.0 Å². The average molecular weight is 443 g/mol. The number of ether oxygens (including phenoxy) is 1. The number of pyridine rings is 1. The summed E-state index contributed by atoms with van der Waals surface area (Å²) in [5.74, 6) is -0.508. The molecule has 0 saturated heterocycles. The van der Waals surface area contributed by atoms with Gasteiger partial charge in [0.2, 0.25) is 0 Å². The van der Waals surface area contributed by atoms with Gasteiger partial charge < -0.3 is 4.74 Å². The fourth-order valence-corrected chi connectivity index (χ4v) is 3.70.